The number of aromatic nitrogens is 2. The monoisotopic (exact) mass is 301 g/mol. The van der Waals surface area contributed by atoms with E-state index in [1.165, 1.54) is 11.3 Å². The van der Waals surface area contributed by atoms with E-state index < -0.39 is 0 Å². The van der Waals surface area contributed by atoms with E-state index in [-0.39, 0.29) is 0 Å². The number of rotatable bonds is 4. The fraction of sp³-hybridized carbons (Fsp3) is 0. The molecule has 0 saturated heterocycles. The maximum absolute atomic E-state index is 5.78. The minimum Gasteiger partial charge on any atom is -0.457 e. The highest BCUT2D eigenvalue weighted by Gasteiger charge is 2.01. The molecule has 0 radical (unpaired) electrons. The van der Waals surface area contributed by atoms with Gasteiger partial charge in [-0.1, -0.05) is 35.6 Å². The van der Waals surface area contributed by atoms with Crippen LogP contribution in [0.2, 0.25) is 0 Å². The van der Waals surface area contributed by atoms with Gasteiger partial charge in [-0.15, -0.1) is 5.10 Å². The van der Waals surface area contributed by atoms with Crippen LogP contribution in [0.1, 0.15) is 0 Å². The molecule has 0 aliphatic rings. The number of para-hydroxylation sites is 1. The number of benzene rings is 2. The van der Waals surface area contributed by atoms with Gasteiger partial charge >= 0.3 is 0 Å². The number of hydrogen-bond acceptors (Lipinski definition) is 5. The second-order valence-electron chi connectivity index (χ2n) is 3.99. The molecule has 0 aliphatic carbocycles. The van der Waals surface area contributed by atoms with Gasteiger partial charge in [0.2, 0.25) is 5.13 Å². The van der Waals surface area contributed by atoms with Crippen molar-refractivity contribution in [1.29, 1.82) is 0 Å². The summed E-state index contributed by atoms with van der Waals surface area (Å²) in [5.41, 5.74) is 0.899. The quantitative estimate of drug-likeness (QED) is 0.684. The Bertz CT molecular complexity index is 752. The average Bonchev–Trinajstić information content (AvgIpc) is 2.86. The van der Waals surface area contributed by atoms with Gasteiger partial charge in [0.25, 0.3) is 0 Å². The molecule has 3 aromatic rings. The normalized spacial score (nSPS) is 10.2. The van der Waals surface area contributed by atoms with Crippen LogP contribution in [0.15, 0.2) is 54.6 Å². The number of hydrogen-bond donors (Lipinski definition) is 2. The van der Waals surface area contributed by atoms with Gasteiger partial charge in [0.15, 0.2) is 3.95 Å². The number of ether oxygens (including phenoxy) is 1. The maximum atomic E-state index is 5.78. The smallest absolute Gasteiger partial charge is 0.208 e. The van der Waals surface area contributed by atoms with E-state index in [9.17, 15) is 0 Å². The summed E-state index contributed by atoms with van der Waals surface area (Å²) < 4.78 is 6.42. The summed E-state index contributed by atoms with van der Waals surface area (Å²) in [6.45, 7) is 0. The Morgan fingerprint density at radius 2 is 1.85 bits per heavy atom. The minimum atomic E-state index is 0.643. The first-order valence-corrected chi connectivity index (χ1v) is 7.17. The highest BCUT2D eigenvalue weighted by atomic mass is 32.1. The van der Waals surface area contributed by atoms with Crippen LogP contribution in [0.4, 0.5) is 10.8 Å². The second-order valence-corrected chi connectivity index (χ2v) is 5.65. The Morgan fingerprint density at radius 3 is 2.60 bits per heavy atom. The summed E-state index contributed by atoms with van der Waals surface area (Å²) in [7, 11) is 0. The molecule has 20 heavy (non-hydrogen) atoms. The first-order valence-electron chi connectivity index (χ1n) is 5.95. The lowest BCUT2D eigenvalue weighted by Crippen LogP contribution is -1.90. The van der Waals surface area contributed by atoms with E-state index >= 15 is 0 Å². The van der Waals surface area contributed by atoms with Gasteiger partial charge in [-0.05, 0) is 36.5 Å². The molecule has 0 aliphatic heterocycles. The molecule has 0 amide bonds. The van der Waals surface area contributed by atoms with Gasteiger partial charge in [-0.25, -0.2) is 0 Å². The molecule has 2 aromatic carbocycles. The number of nitrogens with zero attached hydrogens (tertiary/aromatic N) is 1. The minimum absolute atomic E-state index is 0.643. The van der Waals surface area contributed by atoms with E-state index in [1.54, 1.807) is 0 Å². The van der Waals surface area contributed by atoms with Crippen molar-refractivity contribution in [3.05, 3.63) is 58.6 Å². The number of anilines is 2. The van der Waals surface area contributed by atoms with Crippen LogP contribution in [-0.2, 0) is 0 Å². The van der Waals surface area contributed by atoms with Gasteiger partial charge in [0.1, 0.15) is 11.5 Å². The number of H-pyrrole nitrogens is 1. The van der Waals surface area contributed by atoms with Crippen molar-refractivity contribution < 1.29 is 4.74 Å². The first kappa shape index (κ1) is 12.8. The Labute approximate surface area is 125 Å². The third kappa shape index (κ3) is 3.23. The van der Waals surface area contributed by atoms with Crippen molar-refractivity contribution in [3.8, 4) is 11.5 Å². The van der Waals surface area contributed by atoms with Crippen LogP contribution < -0.4 is 10.1 Å². The maximum Gasteiger partial charge on any atom is 0.208 e. The molecule has 0 saturated carbocycles. The highest BCUT2D eigenvalue weighted by Crippen LogP contribution is 2.26. The molecular formula is C14H11N3OS2. The van der Waals surface area contributed by atoms with Crippen LogP contribution in [0.5, 0.6) is 11.5 Å². The predicted molar refractivity (Wildman–Crippen MR) is 83.5 cm³/mol. The van der Waals surface area contributed by atoms with E-state index in [0.717, 1.165) is 22.3 Å². The Kier molecular flexibility index (Phi) is 3.76. The Morgan fingerprint density at radius 1 is 1.05 bits per heavy atom. The molecule has 0 spiro atoms. The summed E-state index contributed by atoms with van der Waals surface area (Å²) in [6, 6.07) is 17.4. The Hall–Kier alpha value is -2.18. The second kappa shape index (κ2) is 5.85. The zero-order valence-corrected chi connectivity index (χ0v) is 12.0. The molecule has 100 valence electrons. The van der Waals surface area contributed by atoms with Crippen LogP contribution in [0, 0.1) is 3.95 Å². The van der Waals surface area contributed by atoms with E-state index in [0.29, 0.717) is 3.95 Å². The van der Waals surface area contributed by atoms with Crippen LogP contribution in [-0.4, -0.2) is 10.2 Å². The number of nitrogens with one attached hydrogen (secondary N) is 2. The molecule has 0 fully saturated rings. The topological polar surface area (TPSA) is 49.9 Å². The number of aromatic amines is 1. The van der Waals surface area contributed by atoms with Crippen molar-refractivity contribution in [2.75, 3.05) is 5.32 Å². The molecule has 2 N–H and O–H groups in total. The molecule has 4 nitrogen and oxygen atoms in total. The average molecular weight is 301 g/mol. The van der Waals surface area contributed by atoms with E-state index in [1.807, 2.05) is 54.6 Å². The fourth-order valence-electron chi connectivity index (χ4n) is 1.67. The summed E-state index contributed by atoms with van der Waals surface area (Å²) >= 11 is 6.39. The molecule has 0 unspecified atom stereocenters. The summed E-state index contributed by atoms with van der Waals surface area (Å²) in [6.07, 6.45) is 0. The van der Waals surface area contributed by atoms with E-state index in [2.05, 4.69) is 15.5 Å². The van der Waals surface area contributed by atoms with Gasteiger partial charge in [-0.2, -0.15) is 0 Å². The summed E-state index contributed by atoms with van der Waals surface area (Å²) in [5.74, 6) is 1.57. The standard InChI is InChI=1S/C14H11N3OS2/c19-14-17-16-13(20-14)15-10-5-4-8-12(9-10)18-11-6-2-1-3-7-11/h1-9H,(H,15,16)(H,17,19). The zero-order chi connectivity index (χ0) is 13.8. The van der Waals surface area contributed by atoms with Gasteiger partial charge in [-0.3, -0.25) is 5.10 Å². The molecule has 1 heterocycles. The van der Waals surface area contributed by atoms with Crippen LogP contribution in [0.25, 0.3) is 0 Å². The predicted octanol–water partition coefficient (Wildman–Crippen LogP) is 4.74. The Balaban J connectivity index is 1.77. The zero-order valence-electron chi connectivity index (χ0n) is 10.4. The van der Waals surface area contributed by atoms with Gasteiger partial charge in [0, 0.05) is 11.8 Å². The highest BCUT2D eigenvalue weighted by molar-refractivity contribution is 7.73. The molecule has 3 rings (SSSR count). The van der Waals surface area contributed by atoms with E-state index in [4.69, 9.17) is 17.0 Å². The first-order chi connectivity index (χ1) is 9.79. The largest absolute Gasteiger partial charge is 0.457 e. The van der Waals surface area contributed by atoms with Crippen molar-refractivity contribution >= 4 is 34.4 Å². The lowest BCUT2D eigenvalue weighted by Gasteiger charge is -2.07. The fourth-order valence-corrected chi connectivity index (χ4v) is 2.48. The molecule has 0 atom stereocenters. The van der Waals surface area contributed by atoms with Crippen molar-refractivity contribution in [1.82, 2.24) is 10.2 Å². The van der Waals surface area contributed by atoms with Crippen LogP contribution in [0.3, 0.4) is 0 Å². The molecule has 1 aromatic heterocycles. The third-order valence-electron chi connectivity index (χ3n) is 2.50. The lowest BCUT2D eigenvalue weighted by molar-refractivity contribution is 0.483. The SMILES string of the molecule is S=c1[nH]nc(Nc2cccc(Oc3ccccc3)c2)s1. The molecule has 6 heteroatoms. The van der Waals surface area contributed by atoms with Crippen molar-refractivity contribution in [3.63, 3.8) is 0 Å². The third-order valence-corrected chi connectivity index (χ3v) is 3.51. The molecular weight excluding hydrogens is 290 g/mol. The molecule has 0 bridgehead atoms. The van der Waals surface area contributed by atoms with Crippen molar-refractivity contribution in [2.24, 2.45) is 0 Å². The van der Waals surface area contributed by atoms with Crippen molar-refractivity contribution in [2.45, 2.75) is 0 Å². The summed E-state index contributed by atoms with van der Waals surface area (Å²) in [4.78, 5) is 0. The van der Waals surface area contributed by atoms with Gasteiger partial charge in [0.05, 0.1) is 0 Å². The van der Waals surface area contributed by atoms with Gasteiger partial charge < -0.3 is 10.1 Å². The van der Waals surface area contributed by atoms with Crippen LogP contribution >= 0.6 is 23.6 Å². The summed E-state index contributed by atoms with van der Waals surface area (Å²) in [5, 5.41) is 10.7. The lowest BCUT2D eigenvalue weighted by atomic mass is 10.3.